The van der Waals surface area contributed by atoms with Crippen molar-refractivity contribution in [3.63, 3.8) is 0 Å². The van der Waals surface area contributed by atoms with Crippen molar-refractivity contribution in [2.24, 2.45) is 0 Å². The Balaban J connectivity index is 2.94. The SMILES string of the molecule is COC(=O)c1c(N)c2c(C)c(C)sc2n1C(C)=O. The summed E-state index contributed by atoms with van der Waals surface area (Å²) >= 11 is 1.45. The highest BCUT2D eigenvalue weighted by Gasteiger charge is 2.26. The number of carbonyl (C=O) groups is 2. The van der Waals surface area contributed by atoms with E-state index in [4.69, 9.17) is 5.73 Å². The minimum absolute atomic E-state index is 0.120. The maximum atomic E-state index is 11.8. The van der Waals surface area contributed by atoms with Crippen LogP contribution in [0.25, 0.3) is 10.2 Å². The summed E-state index contributed by atoms with van der Waals surface area (Å²) in [6, 6.07) is 0. The molecule has 2 N–H and O–H groups in total. The zero-order valence-corrected chi connectivity index (χ0v) is 11.5. The Morgan fingerprint density at radius 2 is 1.94 bits per heavy atom. The molecule has 6 heteroatoms. The molecule has 5 nitrogen and oxygen atoms in total. The van der Waals surface area contributed by atoms with E-state index in [1.54, 1.807) is 0 Å². The smallest absolute Gasteiger partial charge is 0.357 e. The highest BCUT2D eigenvalue weighted by Crippen LogP contribution is 2.38. The minimum Gasteiger partial charge on any atom is -0.464 e. The fourth-order valence-electron chi connectivity index (χ4n) is 2.02. The van der Waals surface area contributed by atoms with Gasteiger partial charge in [0, 0.05) is 17.2 Å². The second-order valence-corrected chi connectivity index (χ2v) is 5.27. The molecule has 0 saturated heterocycles. The van der Waals surface area contributed by atoms with E-state index in [0.29, 0.717) is 10.5 Å². The first-order chi connectivity index (χ1) is 8.40. The second kappa shape index (κ2) is 4.13. The molecule has 0 atom stereocenters. The normalized spacial score (nSPS) is 10.9. The van der Waals surface area contributed by atoms with Gasteiger partial charge < -0.3 is 10.5 Å². The molecule has 0 aliphatic rings. The third-order valence-electron chi connectivity index (χ3n) is 3.01. The molecular formula is C12H14N2O3S. The maximum absolute atomic E-state index is 11.8. The van der Waals surface area contributed by atoms with Gasteiger partial charge in [0.05, 0.1) is 12.8 Å². The lowest BCUT2D eigenvalue weighted by atomic mass is 10.2. The van der Waals surface area contributed by atoms with Crippen molar-refractivity contribution < 1.29 is 14.3 Å². The summed E-state index contributed by atoms with van der Waals surface area (Å²) in [5, 5.41) is 0.771. The van der Waals surface area contributed by atoms with Crippen LogP contribution in [0.3, 0.4) is 0 Å². The summed E-state index contributed by atoms with van der Waals surface area (Å²) in [4.78, 5) is 25.3. The molecule has 0 bridgehead atoms. The largest absolute Gasteiger partial charge is 0.464 e. The summed E-state index contributed by atoms with van der Waals surface area (Å²) in [6.07, 6.45) is 0. The van der Waals surface area contributed by atoms with Gasteiger partial charge in [-0.25, -0.2) is 4.79 Å². The van der Waals surface area contributed by atoms with Gasteiger partial charge >= 0.3 is 5.97 Å². The quantitative estimate of drug-likeness (QED) is 0.804. The van der Waals surface area contributed by atoms with Gasteiger partial charge in [-0.2, -0.15) is 0 Å². The van der Waals surface area contributed by atoms with Crippen LogP contribution < -0.4 is 5.73 Å². The molecule has 18 heavy (non-hydrogen) atoms. The van der Waals surface area contributed by atoms with Crippen molar-refractivity contribution in [2.75, 3.05) is 12.8 Å². The summed E-state index contributed by atoms with van der Waals surface area (Å²) < 4.78 is 6.02. The van der Waals surface area contributed by atoms with Gasteiger partial charge in [0.25, 0.3) is 0 Å². The first kappa shape index (κ1) is 12.6. The summed E-state index contributed by atoms with van der Waals surface area (Å²) in [5.74, 6) is -0.846. The van der Waals surface area contributed by atoms with Crippen molar-refractivity contribution in [3.8, 4) is 0 Å². The Morgan fingerprint density at radius 3 is 2.44 bits per heavy atom. The van der Waals surface area contributed by atoms with E-state index in [9.17, 15) is 9.59 Å². The van der Waals surface area contributed by atoms with Gasteiger partial charge in [0.15, 0.2) is 5.69 Å². The van der Waals surface area contributed by atoms with Crippen LogP contribution in [-0.2, 0) is 4.74 Å². The molecule has 0 unspecified atom stereocenters. The van der Waals surface area contributed by atoms with E-state index in [-0.39, 0.29) is 11.6 Å². The number of rotatable bonds is 1. The summed E-state index contributed by atoms with van der Waals surface area (Å²) in [6.45, 7) is 5.29. The Kier molecular flexibility index (Phi) is 2.90. The van der Waals surface area contributed by atoms with E-state index >= 15 is 0 Å². The Bertz CT molecular complexity index is 667. The predicted molar refractivity (Wildman–Crippen MR) is 71.3 cm³/mol. The number of nitrogens with zero attached hydrogens (tertiary/aromatic N) is 1. The van der Waals surface area contributed by atoms with Gasteiger partial charge in [-0.1, -0.05) is 0 Å². The lowest BCUT2D eigenvalue weighted by molar-refractivity contribution is 0.0584. The number of aromatic nitrogens is 1. The van der Waals surface area contributed by atoms with Crippen molar-refractivity contribution in [1.82, 2.24) is 4.57 Å². The molecule has 2 aromatic rings. The molecule has 2 aromatic heterocycles. The average molecular weight is 266 g/mol. The van der Waals surface area contributed by atoms with Gasteiger partial charge in [0.2, 0.25) is 5.91 Å². The van der Waals surface area contributed by atoms with Crippen molar-refractivity contribution in [3.05, 3.63) is 16.1 Å². The maximum Gasteiger partial charge on any atom is 0.357 e. The fourth-order valence-corrected chi connectivity index (χ4v) is 3.24. The van der Waals surface area contributed by atoms with E-state index < -0.39 is 5.97 Å². The molecule has 2 heterocycles. The molecule has 0 aliphatic carbocycles. The monoisotopic (exact) mass is 266 g/mol. The number of hydrogen-bond acceptors (Lipinski definition) is 5. The zero-order valence-electron chi connectivity index (χ0n) is 10.7. The number of anilines is 1. The van der Waals surface area contributed by atoms with Crippen LogP contribution in [0.2, 0.25) is 0 Å². The lowest BCUT2D eigenvalue weighted by Gasteiger charge is -2.04. The molecule has 0 spiro atoms. The first-order valence-corrected chi connectivity index (χ1v) is 6.20. The van der Waals surface area contributed by atoms with Crippen LogP contribution >= 0.6 is 11.3 Å². The number of esters is 1. The van der Waals surface area contributed by atoms with Gasteiger partial charge in [-0.3, -0.25) is 9.36 Å². The number of carbonyl (C=O) groups excluding carboxylic acids is 2. The number of fused-ring (bicyclic) bond motifs is 1. The molecular weight excluding hydrogens is 252 g/mol. The number of ether oxygens (including phenoxy) is 1. The van der Waals surface area contributed by atoms with E-state index in [1.807, 2.05) is 13.8 Å². The molecule has 0 aliphatic heterocycles. The van der Waals surface area contributed by atoms with Crippen LogP contribution in [0, 0.1) is 13.8 Å². The van der Waals surface area contributed by atoms with Crippen molar-refractivity contribution >= 4 is 39.1 Å². The summed E-state index contributed by atoms with van der Waals surface area (Å²) in [5.41, 5.74) is 7.43. The van der Waals surface area contributed by atoms with Crippen molar-refractivity contribution in [2.45, 2.75) is 20.8 Å². The van der Waals surface area contributed by atoms with Crippen LogP contribution in [0.5, 0.6) is 0 Å². The average Bonchev–Trinajstić information content (AvgIpc) is 2.75. The Labute approximate surface area is 108 Å². The molecule has 96 valence electrons. The number of hydrogen-bond donors (Lipinski definition) is 1. The van der Waals surface area contributed by atoms with Crippen molar-refractivity contribution in [1.29, 1.82) is 0 Å². The highest BCUT2D eigenvalue weighted by molar-refractivity contribution is 7.19. The molecule has 0 aromatic carbocycles. The molecule has 0 saturated carbocycles. The van der Waals surface area contributed by atoms with E-state index in [2.05, 4.69) is 4.74 Å². The summed E-state index contributed by atoms with van der Waals surface area (Å²) in [7, 11) is 1.27. The molecule has 0 amide bonds. The minimum atomic E-state index is -0.594. The number of nitrogens with two attached hydrogens (primary N) is 1. The van der Waals surface area contributed by atoms with Gasteiger partial charge in [-0.15, -0.1) is 11.3 Å². The standard InChI is InChI=1S/C12H14N2O3S/c1-5-6(2)18-11-8(5)9(13)10(12(16)17-4)14(11)7(3)15/h13H2,1-4H3. The van der Waals surface area contributed by atoms with Crippen LogP contribution in [0.4, 0.5) is 5.69 Å². The Morgan fingerprint density at radius 1 is 1.33 bits per heavy atom. The van der Waals surface area contributed by atoms with Crippen LogP contribution in [0.15, 0.2) is 0 Å². The lowest BCUT2D eigenvalue weighted by Crippen LogP contribution is -2.16. The molecule has 0 fully saturated rings. The second-order valence-electron chi connectivity index (χ2n) is 4.07. The Hall–Kier alpha value is -1.82. The zero-order chi connectivity index (χ0) is 13.6. The first-order valence-electron chi connectivity index (χ1n) is 5.39. The third kappa shape index (κ3) is 1.53. The highest BCUT2D eigenvalue weighted by atomic mass is 32.1. The van der Waals surface area contributed by atoms with Gasteiger partial charge in [0.1, 0.15) is 4.83 Å². The number of aryl methyl sites for hydroxylation is 2. The number of methoxy groups -OCH3 is 1. The third-order valence-corrected chi connectivity index (χ3v) is 4.20. The molecule has 0 radical (unpaired) electrons. The molecule has 2 rings (SSSR count). The van der Waals surface area contributed by atoms with E-state index in [1.165, 1.54) is 29.9 Å². The van der Waals surface area contributed by atoms with Gasteiger partial charge in [-0.05, 0) is 19.4 Å². The number of nitrogen functional groups attached to an aromatic ring is 1. The van der Waals surface area contributed by atoms with Crippen LogP contribution in [-0.4, -0.2) is 23.6 Å². The topological polar surface area (TPSA) is 74.3 Å². The predicted octanol–water partition coefficient (Wildman–Crippen LogP) is 2.35. The fraction of sp³-hybridized carbons (Fsp3) is 0.333. The van der Waals surface area contributed by atoms with Crippen LogP contribution in [0.1, 0.15) is 32.6 Å². The van der Waals surface area contributed by atoms with E-state index in [0.717, 1.165) is 15.8 Å². The number of thiophene rings is 1.